The molecule has 41 heavy (non-hydrogen) atoms. The maximum absolute atomic E-state index is 4.50. The van der Waals surface area contributed by atoms with Gasteiger partial charge in [0.05, 0.1) is 23.6 Å². The van der Waals surface area contributed by atoms with E-state index >= 15 is 0 Å². The number of rotatable bonds is 7. The van der Waals surface area contributed by atoms with E-state index in [4.69, 9.17) is 0 Å². The van der Waals surface area contributed by atoms with E-state index in [9.17, 15) is 0 Å². The van der Waals surface area contributed by atoms with Gasteiger partial charge in [-0.05, 0) is 81.1 Å². The van der Waals surface area contributed by atoms with Crippen LogP contribution in [0.1, 0.15) is 44.7 Å². The van der Waals surface area contributed by atoms with Crippen LogP contribution in [-0.4, -0.2) is 55.6 Å². The van der Waals surface area contributed by atoms with E-state index in [1.807, 2.05) is 37.6 Å². The Morgan fingerprint density at radius 1 is 1.27 bits per heavy atom. The first-order valence-electron chi connectivity index (χ1n) is 14.3. The zero-order chi connectivity index (χ0) is 28.6. The normalized spacial score (nSPS) is 23.0. The van der Waals surface area contributed by atoms with Crippen molar-refractivity contribution in [3.63, 3.8) is 0 Å². The molecule has 5 aliphatic heterocycles. The summed E-state index contributed by atoms with van der Waals surface area (Å²) < 4.78 is 0. The Bertz CT molecular complexity index is 1380. The molecular formula is C31H39N9S. The van der Waals surface area contributed by atoms with E-state index in [1.54, 1.807) is 23.2 Å². The Morgan fingerprint density at radius 3 is 3.00 bits per heavy atom. The Morgan fingerprint density at radius 2 is 2.17 bits per heavy atom. The van der Waals surface area contributed by atoms with Crippen molar-refractivity contribution in [3.8, 4) is 0 Å². The lowest BCUT2D eigenvalue weighted by molar-refractivity contribution is 0.310. The van der Waals surface area contributed by atoms with E-state index in [1.165, 1.54) is 10.5 Å². The minimum Gasteiger partial charge on any atom is -0.349 e. The number of aliphatic imine (C=N–C) groups is 2. The fourth-order valence-electron chi connectivity index (χ4n) is 5.41. The van der Waals surface area contributed by atoms with Crippen LogP contribution in [0.5, 0.6) is 0 Å². The van der Waals surface area contributed by atoms with Crippen molar-refractivity contribution in [2.24, 2.45) is 21.0 Å². The molecule has 0 saturated carbocycles. The van der Waals surface area contributed by atoms with Crippen molar-refractivity contribution in [2.75, 3.05) is 37.0 Å². The number of anilines is 2. The molecule has 0 aliphatic carbocycles. The number of hydrogen-bond acceptors (Lipinski definition) is 10. The number of nitrogens with zero attached hydrogens (tertiary/aromatic N) is 6. The number of amidine groups is 1. The first-order chi connectivity index (χ1) is 20.2. The molecule has 0 aromatic heterocycles. The maximum Gasteiger partial charge on any atom is 0.148 e. The summed E-state index contributed by atoms with van der Waals surface area (Å²) in [5.74, 6) is 1.16. The third kappa shape index (κ3) is 6.92. The quantitative estimate of drug-likeness (QED) is 0.288. The molecule has 214 valence electrons. The number of hydrazine groups is 2. The highest BCUT2D eigenvalue weighted by molar-refractivity contribution is 8.05. The van der Waals surface area contributed by atoms with Crippen LogP contribution in [0.15, 0.2) is 97.3 Å². The molecule has 10 heteroatoms. The minimum absolute atomic E-state index is 0.0289. The van der Waals surface area contributed by atoms with Crippen molar-refractivity contribution in [1.29, 1.82) is 0 Å². The summed E-state index contributed by atoms with van der Waals surface area (Å²) in [6, 6.07) is 6.45. The van der Waals surface area contributed by atoms with Gasteiger partial charge in [0, 0.05) is 47.3 Å². The molecular weight excluding hydrogens is 530 g/mol. The van der Waals surface area contributed by atoms with Crippen LogP contribution in [0.4, 0.5) is 11.4 Å². The van der Waals surface area contributed by atoms with Gasteiger partial charge in [-0.25, -0.2) is 10.4 Å². The van der Waals surface area contributed by atoms with Crippen LogP contribution in [0.2, 0.25) is 0 Å². The number of hydrogen-bond donors (Lipinski definition) is 3. The van der Waals surface area contributed by atoms with Crippen molar-refractivity contribution in [3.05, 3.63) is 87.8 Å². The summed E-state index contributed by atoms with van der Waals surface area (Å²) in [5.41, 5.74) is 18.5. The third-order valence-corrected chi connectivity index (χ3v) is 8.34. The van der Waals surface area contributed by atoms with Gasteiger partial charge >= 0.3 is 0 Å². The first-order valence-corrected chi connectivity index (χ1v) is 15.2. The fourth-order valence-corrected chi connectivity index (χ4v) is 6.11. The number of allylic oxidation sites excluding steroid dienone is 3. The van der Waals surface area contributed by atoms with Crippen molar-refractivity contribution < 1.29 is 0 Å². The smallest absolute Gasteiger partial charge is 0.148 e. The van der Waals surface area contributed by atoms with Crippen molar-refractivity contribution in [1.82, 2.24) is 20.9 Å². The van der Waals surface area contributed by atoms with Gasteiger partial charge in [-0.1, -0.05) is 31.7 Å². The molecule has 0 radical (unpaired) electrons. The van der Waals surface area contributed by atoms with Crippen LogP contribution >= 0.6 is 11.8 Å². The molecule has 1 unspecified atom stereocenters. The van der Waals surface area contributed by atoms with Gasteiger partial charge in [0.15, 0.2) is 0 Å². The molecule has 0 amide bonds. The molecule has 0 spiro atoms. The largest absolute Gasteiger partial charge is 0.349 e. The van der Waals surface area contributed by atoms with Crippen LogP contribution in [0, 0.1) is 5.92 Å². The Balaban J connectivity index is 0.00000165. The standard InChI is InChI=1S/C29H33N9S.C2H6/c1-30-27(21-6-5-13-37(14-12-21)18-24-7-3-4-15-39-24)19-36(2)23-9-10-26-25(16-23)29(34-33-26)22-8-11-28-31-20-32-38(17-22)35-28;1-2/h3,7-11,15-17,19-21,29,33-34H,1,5-6,12-14,18H2,2H3,(H,31,32,35);1-2H3/b27-19-;/t21-,29?;/m1./s1. The van der Waals surface area contributed by atoms with Crippen LogP contribution < -0.4 is 21.2 Å². The second-order valence-corrected chi connectivity index (χ2v) is 11.1. The van der Waals surface area contributed by atoms with Crippen LogP contribution in [-0.2, 0) is 0 Å². The average molecular weight is 570 g/mol. The van der Waals surface area contributed by atoms with E-state index in [-0.39, 0.29) is 6.04 Å². The van der Waals surface area contributed by atoms with Crippen molar-refractivity contribution >= 4 is 42.0 Å². The highest BCUT2D eigenvalue weighted by atomic mass is 32.2. The average Bonchev–Trinajstić information content (AvgIpc) is 3.21. The third-order valence-electron chi connectivity index (χ3n) is 7.52. The monoisotopic (exact) mass is 569 g/mol. The highest BCUT2D eigenvalue weighted by Crippen LogP contribution is 2.37. The zero-order valence-corrected chi connectivity index (χ0v) is 24.9. The van der Waals surface area contributed by atoms with E-state index in [0.29, 0.717) is 5.92 Å². The van der Waals surface area contributed by atoms with Gasteiger partial charge in [-0.2, -0.15) is 5.12 Å². The molecule has 1 aromatic carbocycles. The molecule has 3 N–H and O–H groups in total. The number of benzene rings is 1. The predicted molar refractivity (Wildman–Crippen MR) is 174 cm³/mol. The summed E-state index contributed by atoms with van der Waals surface area (Å²) in [5, 5.41) is 7.98. The minimum atomic E-state index is -0.0289. The zero-order valence-electron chi connectivity index (χ0n) is 24.0. The lowest BCUT2D eigenvalue weighted by Crippen LogP contribution is -2.35. The fraction of sp³-hybridized carbons (Fsp3) is 0.355. The Hall–Kier alpha value is -3.82. The SMILES string of the molecule is C=N/C(=C\N(C)c1ccc2c(c1)C(C1=CN3N=CN=C(C=C1)N3)NN2)[C@@H]1CCCN(CC2=CC=C=CS2)CC1.CC. The molecule has 6 rings (SSSR count). The molecule has 2 atom stereocenters. The van der Waals surface area contributed by atoms with Gasteiger partial charge in [-0.15, -0.1) is 10.8 Å². The maximum atomic E-state index is 4.50. The van der Waals surface area contributed by atoms with Gasteiger partial charge in [0.2, 0.25) is 0 Å². The molecule has 5 aliphatic rings. The number of thioether (sulfide) groups is 1. The number of nitrogens with one attached hydrogen (secondary N) is 3. The summed E-state index contributed by atoms with van der Waals surface area (Å²) in [6.07, 6.45) is 17.3. The first kappa shape index (κ1) is 28.7. The molecule has 1 saturated heterocycles. The lowest BCUT2D eigenvalue weighted by atomic mass is 9.97. The van der Waals surface area contributed by atoms with Gasteiger partial charge in [-0.3, -0.25) is 15.3 Å². The van der Waals surface area contributed by atoms with Crippen molar-refractivity contribution in [2.45, 2.75) is 39.2 Å². The molecule has 5 heterocycles. The molecule has 1 aromatic rings. The second-order valence-electron chi connectivity index (χ2n) is 10.1. The van der Waals surface area contributed by atoms with Gasteiger partial charge in [0.1, 0.15) is 12.2 Å². The molecule has 9 nitrogen and oxygen atoms in total. The molecule has 1 fully saturated rings. The number of likely N-dealkylation sites (tertiary alicyclic amines) is 1. The predicted octanol–water partition coefficient (Wildman–Crippen LogP) is 5.68. The summed E-state index contributed by atoms with van der Waals surface area (Å²) in [6.45, 7) is 11.1. The number of hydrazone groups is 1. The highest BCUT2D eigenvalue weighted by Gasteiger charge is 2.27. The Labute approximate surface area is 247 Å². The Kier molecular flexibility index (Phi) is 9.59. The second kappa shape index (κ2) is 13.7. The summed E-state index contributed by atoms with van der Waals surface area (Å²) in [7, 11) is 2.09. The lowest BCUT2D eigenvalue weighted by Gasteiger charge is -2.22. The topological polar surface area (TPSA) is 82.9 Å². The molecule has 2 bridgehead atoms. The van der Waals surface area contributed by atoms with Crippen LogP contribution in [0.3, 0.4) is 0 Å². The van der Waals surface area contributed by atoms with Gasteiger partial charge < -0.3 is 10.3 Å². The van der Waals surface area contributed by atoms with E-state index in [0.717, 1.165) is 67.4 Å². The van der Waals surface area contributed by atoms with Crippen LogP contribution in [0.25, 0.3) is 0 Å². The van der Waals surface area contributed by atoms with E-state index in [2.05, 4.69) is 97.2 Å². The van der Waals surface area contributed by atoms with Gasteiger partial charge in [0.25, 0.3) is 0 Å². The summed E-state index contributed by atoms with van der Waals surface area (Å²) in [4.78, 5) is 14.9. The summed E-state index contributed by atoms with van der Waals surface area (Å²) >= 11 is 1.78. The number of fused-ring (bicyclic) bond motifs is 3. The van der Waals surface area contributed by atoms with E-state index < -0.39 is 0 Å².